The fraction of sp³-hybridized carbons (Fsp3) is 0.300. The predicted octanol–water partition coefficient (Wildman–Crippen LogP) is 2.38. The highest BCUT2D eigenvalue weighted by molar-refractivity contribution is 5.97. The Morgan fingerprint density at radius 3 is 2.71 bits per heavy atom. The minimum absolute atomic E-state index is 0.0217. The van der Waals surface area contributed by atoms with Crippen LogP contribution in [-0.4, -0.2) is 19.1 Å². The normalized spacial score (nSPS) is 9.93. The summed E-state index contributed by atoms with van der Waals surface area (Å²) in [4.78, 5) is 10.9. The van der Waals surface area contributed by atoms with E-state index in [0.717, 1.165) is 6.07 Å². The molecule has 0 aliphatic carbocycles. The van der Waals surface area contributed by atoms with E-state index in [9.17, 15) is 13.6 Å². The van der Waals surface area contributed by atoms with Crippen LogP contribution in [0.15, 0.2) is 18.2 Å². The molecule has 0 bridgehead atoms. The molecule has 0 aliphatic heterocycles. The summed E-state index contributed by atoms with van der Waals surface area (Å²) in [7, 11) is 0. The largest absolute Gasteiger partial charge is 0.491 e. The van der Waals surface area contributed by atoms with E-state index in [1.807, 2.05) is 0 Å². The molecular weight excluding hydrogens is 190 g/mol. The lowest BCUT2D eigenvalue weighted by Gasteiger charge is -2.04. The van der Waals surface area contributed by atoms with E-state index in [2.05, 4.69) is 0 Å². The molecule has 0 amide bonds. The molecule has 0 atom stereocenters. The number of carbonyl (C=O) groups excluding carboxylic acids is 1. The third kappa shape index (κ3) is 2.28. The molecule has 0 unspecified atom stereocenters. The first-order valence-electron chi connectivity index (χ1n) is 4.20. The Kier molecular flexibility index (Phi) is 3.56. The van der Waals surface area contributed by atoms with E-state index in [1.54, 1.807) is 6.92 Å². The molecule has 2 nitrogen and oxygen atoms in total. The van der Waals surface area contributed by atoms with Crippen molar-refractivity contribution < 1.29 is 18.3 Å². The molecule has 0 saturated heterocycles. The highest BCUT2D eigenvalue weighted by atomic mass is 19.1. The predicted molar refractivity (Wildman–Crippen MR) is 47.9 cm³/mol. The maximum atomic E-state index is 13.1. The summed E-state index contributed by atoms with van der Waals surface area (Å²) in [6.07, 6.45) is 0. The van der Waals surface area contributed by atoms with Gasteiger partial charge in [-0.25, -0.2) is 8.78 Å². The van der Waals surface area contributed by atoms with Crippen molar-refractivity contribution in [3.05, 3.63) is 29.6 Å². The second-order valence-electron chi connectivity index (χ2n) is 2.64. The summed E-state index contributed by atoms with van der Waals surface area (Å²) >= 11 is 0. The van der Waals surface area contributed by atoms with Gasteiger partial charge in [0.25, 0.3) is 0 Å². The third-order valence-electron chi connectivity index (χ3n) is 1.68. The fourth-order valence-corrected chi connectivity index (χ4v) is 1.02. The minimum atomic E-state index is -1.12. The molecule has 0 aromatic heterocycles. The average molecular weight is 200 g/mol. The highest BCUT2D eigenvalue weighted by Gasteiger charge is 2.09. The lowest BCUT2D eigenvalue weighted by Crippen LogP contribution is -2.02. The van der Waals surface area contributed by atoms with Crippen molar-refractivity contribution in [2.75, 3.05) is 13.3 Å². The van der Waals surface area contributed by atoms with Crippen LogP contribution >= 0.6 is 0 Å². The van der Waals surface area contributed by atoms with E-state index in [-0.39, 0.29) is 11.3 Å². The zero-order valence-corrected chi connectivity index (χ0v) is 7.72. The van der Waals surface area contributed by atoms with Gasteiger partial charge in [0, 0.05) is 5.56 Å². The molecule has 0 saturated carbocycles. The zero-order chi connectivity index (χ0) is 10.6. The quantitative estimate of drug-likeness (QED) is 0.697. The van der Waals surface area contributed by atoms with Crippen LogP contribution < -0.4 is 4.74 Å². The van der Waals surface area contributed by atoms with Gasteiger partial charge < -0.3 is 4.74 Å². The molecule has 1 rings (SSSR count). The van der Waals surface area contributed by atoms with Gasteiger partial charge in [0.1, 0.15) is 0 Å². The number of Topliss-reactive ketones (excluding diaryl/α,β-unsaturated/α-hetero) is 1. The van der Waals surface area contributed by atoms with Crippen LogP contribution in [0.3, 0.4) is 0 Å². The van der Waals surface area contributed by atoms with E-state index >= 15 is 0 Å². The molecule has 0 fully saturated rings. The van der Waals surface area contributed by atoms with Crippen LogP contribution in [0.5, 0.6) is 5.75 Å². The summed E-state index contributed by atoms with van der Waals surface area (Å²) in [5.74, 6) is -1.30. The van der Waals surface area contributed by atoms with Gasteiger partial charge in [0.05, 0.1) is 6.61 Å². The van der Waals surface area contributed by atoms with Crippen LogP contribution in [0, 0.1) is 5.82 Å². The maximum absolute atomic E-state index is 13.1. The number of halogens is 2. The molecule has 0 heterocycles. The van der Waals surface area contributed by atoms with Gasteiger partial charge >= 0.3 is 0 Å². The first-order chi connectivity index (χ1) is 6.69. The van der Waals surface area contributed by atoms with Crippen molar-refractivity contribution in [2.45, 2.75) is 6.92 Å². The van der Waals surface area contributed by atoms with Crippen molar-refractivity contribution in [3.8, 4) is 5.75 Å². The number of ether oxygens (including phenoxy) is 1. The molecule has 0 N–H and O–H groups in total. The second kappa shape index (κ2) is 4.69. The van der Waals surface area contributed by atoms with Gasteiger partial charge in [-0.05, 0) is 25.1 Å². The maximum Gasteiger partial charge on any atom is 0.193 e. The Morgan fingerprint density at radius 2 is 2.21 bits per heavy atom. The Labute approximate surface area is 80.5 Å². The van der Waals surface area contributed by atoms with E-state index < -0.39 is 18.3 Å². The standard InChI is InChI=1S/C10H10F2O2/c1-2-14-10-4-3-7(5-8(10)12)9(13)6-11/h3-5H,2,6H2,1H3. The van der Waals surface area contributed by atoms with Gasteiger partial charge in [-0.1, -0.05) is 0 Å². The molecule has 1 aromatic carbocycles. The molecule has 4 heteroatoms. The number of alkyl halides is 1. The third-order valence-corrected chi connectivity index (χ3v) is 1.68. The van der Waals surface area contributed by atoms with Crippen LogP contribution in [-0.2, 0) is 0 Å². The topological polar surface area (TPSA) is 26.3 Å². The molecule has 76 valence electrons. The zero-order valence-electron chi connectivity index (χ0n) is 7.72. The van der Waals surface area contributed by atoms with Crippen molar-refractivity contribution in [1.82, 2.24) is 0 Å². The summed E-state index contributed by atoms with van der Waals surface area (Å²) in [5.41, 5.74) is 0.0217. The van der Waals surface area contributed by atoms with Crippen LogP contribution in [0.1, 0.15) is 17.3 Å². The van der Waals surface area contributed by atoms with Crippen molar-refractivity contribution >= 4 is 5.78 Å². The second-order valence-corrected chi connectivity index (χ2v) is 2.64. The molecular formula is C10H10F2O2. The smallest absolute Gasteiger partial charge is 0.193 e. The van der Waals surface area contributed by atoms with Crippen molar-refractivity contribution in [1.29, 1.82) is 0 Å². The first-order valence-corrected chi connectivity index (χ1v) is 4.20. The fourth-order valence-electron chi connectivity index (χ4n) is 1.02. The molecule has 0 aliphatic rings. The number of carbonyl (C=O) groups is 1. The van der Waals surface area contributed by atoms with E-state index in [0.29, 0.717) is 6.61 Å². The lowest BCUT2D eigenvalue weighted by atomic mass is 10.1. The summed E-state index contributed by atoms with van der Waals surface area (Å²) < 4.78 is 30.0. The molecule has 0 spiro atoms. The monoisotopic (exact) mass is 200 g/mol. The number of ketones is 1. The Balaban J connectivity index is 2.94. The highest BCUT2D eigenvalue weighted by Crippen LogP contribution is 2.18. The molecule has 0 radical (unpaired) electrons. The summed E-state index contributed by atoms with van der Waals surface area (Å²) in [5, 5.41) is 0. The first kappa shape index (κ1) is 10.6. The lowest BCUT2D eigenvalue weighted by molar-refractivity contribution is 0.0958. The van der Waals surface area contributed by atoms with E-state index in [1.165, 1.54) is 12.1 Å². The van der Waals surface area contributed by atoms with Gasteiger partial charge in [0.2, 0.25) is 0 Å². The van der Waals surface area contributed by atoms with Crippen LogP contribution in [0.2, 0.25) is 0 Å². The van der Waals surface area contributed by atoms with E-state index in [4.69, 9.17) is 4.74 Å². The van der Waals surface area contributed by atoms with Gasteiger partial charge in [-0.3, -0.25) is 4.79 Å². The van der Waals surface area contributed by atoms with Crippen molar-refractivity contribution in [2.24, 2.45) is 0 Å². The summed E-state index contributed by atoms with van der Waals surface area (Å²) in [6, 6.07) is 3.64. The van der Waals surface area contributed by atoms with Crippen LogP contribution in [0.4, 0.5) is 8.78 Å². The number of hydrogen-bond donors (Lipinski definition) is 0. The Bertz CT molecular complexity index is 337. The Hall–Kier alpha value is -1.45. The molecule has 1 aromatic rings. The van der Waals surface area contributed by atoms with Gasteiger partial charge in [-0.2, -0.15) is 0 Å². The minimum Gasteiger partial charge on any atom is -0.491 e. The van der Waals surface area contributed by atoms with Gasteiger partial charge in [-0.15, -0.1) is 0 Å². The number of benzene rings is 1. The van der Waals surface area contributed by atoms with Crippen LogP contribution in [0.25, 0.3) is 0 Å². The SMILES string of the molecule is CCOc1ccc(C(=O)CF)cc1F. The summed E-state index contributed by atoms with van der Waals surface area (Å²) in [6.45, 7) is 0.945. The average Bonchev–Trinajstić information content (AvgIpc) is 2.20. The van der Waals surface area contributed by atoms with Crippen molar-refractivity contribution in [3.63, 3.8) is 0 Å². The Morgan fingerprint density at radius 1 is 1.50 bits per heavy atom. The van der Waals surface area contributed by atoms with Gasteiger partial charge in [0.15, 0.2) is 24.0 Å². The molecule has 14 heavy (non-hydrogen) atoms. The number of rotatable bonds is 4. The number of hydrogen-bond acceptors (Lipinski definition) is 2.